The standard InChI is InChI=1S/C16H16F2N4O4S/c1-8(23)19-4-5-27-15-14(20-26-21-15)16(24)22(25)13-3-2-10-11(13)6-9(17)7-12(10)18/h6-7,13,25H,2-5H2,1H3,(H,19,23). The fourth-order valence-corrected chi connectivity index (χ4v) is 3.65. The summed E-state index contributed by atoms with van der Waals surface area (Å²) >= 11 is 1.11. The lowest BCUT2D eigenvalue weighted by Gasteiger charge is -2.22. The molecule has 1 atom stereocenters. The van der Waals surface area contributed by atoms with Gasteiger partial charge in [-0.25, -0.2) is 18.5 Å². The summed E-state index contributed by atoms with van der Waals surface area (Å²) < 4.78 is 32.0. The van der Waals surface area contributed by atoms with Gasteiger partial charge in [-0.2, -0.15) is 0 Å². The molecule has 144 valence electrons. The fourth-order valence-electron chi connectivity index (χ4n) is 2.91. The molecule has 0 spiro atoms. The van der Waals surface area contributed by atoms with Crippen LogP contribution in [-0.2, 0) is 11.2 Å². The minimum Gasteiger partial charge on any atom is -0.356 e. The average molecular weight is 398 g/mol. The van der Waals surface area contributed by atoms with Gasteiger partial charge in [-0.15, -0.1) is 0 Å². The van der Waals surface area contributed by atoms with Crippen molar-refractivity contribution in [3.05, 3.63) is 40.6 Å². The van der Waals surface area contributed by atoms with Gasteiger partial charge in [-0.1, -0.05) is 11.8 Å². The lowest BCUT2D eigenvalue weighted by atomic mass is 10.1. The monoisotopic (exact) mass is 398 g/mol. The number of thioether (sulfide) groups is 1. The Bertz CT molecular complexity index is 876. The van der Waals surface area contributed by atoms with Crippen molar-refractivity contribution < 1.29 is 28.2 Å². The maximum Gasteiger partial charge on any atom is 0.302 e. The van der Waals surface area contributed by atoms with Crippen LogP contribution in [0.1, 0.15) is 41.0 Å². The maximum absolute atomic E-state index is 13.9. The van der Waals surface area contributed by atoms with Crippen molar-refractivity contribution >= 4 is 23.6 Å². The molecule has 0 bridgehead atoms. The summed E-state index contributed by atoms with van der Waals surface area (Å²) in [5, 5.41) is 20.6. The van der Waals surface area contributed by atoms with Crippen LogP contribution in [0, 0.1) is 11.6 Å². The Balaban J connectivity index is 1.73. The van der Waals surface area contributed by atoms with Crippen molar-refractivity contribution in [2.75, 3.05) is 12.3 Å². The number of amides is 2. The number of hydrogen-bond acceptors (Lipinski definition) is 7. The van der Waals surface area contributed by atoms with E-state index in [4.69, 9.17) is 0 Å². The smallest absolute Gasteiger partial charge is 0.302 e. The van der Waals surface area contributed by atoms with E-state index in [-0.39, 0.29) is 40.6 Å². The van der Waals surface area contributed by atoms with Crippen LogP contribution in [0.4, 0.5) is 8.78 Å². The number of carbonyl (C=O) groups excluding carboxylic acids is 2. The first-order valence-electron chi connectivity index (χ1n) is 8.08. The van der Waals surface area contributed by atoms with Crippen LogP contribution in [0.15, 0.2) is 21.8 Å². The Hall–Kier alpha value is -2.53. The molecule has 8 nitrogen and oxygen atoms in total. The molecular formula is C16H16F2N4O4S. The zero-order chi connectivity index (χ0) is 19.6. The first kappa shape index (κ1) is 19.2. The van der Waals surface area contributed by atoms with Crippen LogP contribution in [0.3, 0.4) is 0 Å². The van der Waals surface area contributed by atoms with Crippen molar-refractivity contribution in [2.24, 2.45) is 0 Å². The van der Waals surface area contributed by atoms with Crippen molar-refractivity contribution in [3.63, 3.8) is 0 Å². The number of fused-ring (bicyclic) bond motifs is 1. The van der Waals surface area contributed by atoms with Gasteiger partial charge in [0.25, 0.3) is 0 Å². The van der Waals surface area contributed by atoms with E-state index >= 15 is 0 Å². The van der Waals surface area contributed by atoms with Crippen LogP contribution < -0.4 is 5.32 Å². The van der Waals surface area contributed by atoms with Crippen molar-refractivity contribution in [2.45, 2.75) is 30.8 Å². The van der Waals surface area contributed by atoms with Gasteiger partial charge in [0.1, 0.15) is 11.6 Å². The maximum atomic E-state index is 13.9. The van der Waals surface area contributed by atoms with Crippen LogP contribution in [-0.4, -0.2) is 44.7 Å². The van der Waals surface area contributed by atoms with Gasteiger partial charge < -0.3 is 5.32 Å². The van der Waals surface area contributed by atoms with Gasteiger partial charge >= 0.3 is 5.91 Å². The van der Waals surface area contributed by atoms with E-state index in [1.54, 1.807) is 0 Å². The third-order valence-electron chi connectivity index (χ3n) is 4.10. The SMILES string of the molecule is CC(=O)NCCSc1nonc1C(=O)N(O)C1CCc2c(F)cc(F)cc21. The first-order valence-corrected chi connectivity index (χ1v) is 9.07. The highest BCUT2D eigenvalue weighted by atomic mass is 32.2. The number of hydrogen-bond donors (Lipinski definition) is 2. The van der Waals surface area contributed by atoms with Crippen LogP contribution in [0.5, 0.6) is 0 Å². The minimum atomic E-state index is -0.897. The second kappa shape index (κ2) is 8.01. The largest absolute Gasteiger partial charge is 0.356 e. The van der Waals surface area contributed by atoms with E-state index < -0.39 is 23.6 Å². The minimum absolute atomic E-state index is 0.146. The van der Waals surface area contributed by atoms with Gasteiger partial charge in [0.2, 0.25) is 11.6 Å². The highest BCUT2D eigenvalue weighted by Crippen LogP contribution is 2.37. The number of aromatic nitrogens is 2. The number of benzene rings is 1. The molecule has 1 unspecified atom stereocenters. The highest BCUT2D eigenvalue weighted by molar-refractivity contribution is 7.99. The predicted molar refractivity (Wildman–Crippen MR) is 89.1 cm³/mol. The molecule has 3 rings (SSSR count). The van der Waals surface area contributed by atoms with E-state index in [2.05, 4.69) is 20.3 Å². The molecule has 1 aliphatic rings. The number of nitrogens with zero attached hydrogens (tertiary/aromatic N) is 3. The molecule has 2 N–H and O–H groups in total. The molecular weight excluding hydrogens is 382 g/mol. The quantitative estimate of drug-likeness (QED) is 0.332. The van der Waals surface area contributed by atoms with E-state index in [0.29, 0.717) is 17.4 Å². The molecule has 0 saturated carbocycles. The summed E-state index contributed by atoms with van der Waals surface area (Å²) in [7, 11) is 0. The van der Waals surface area contributed by atoms with Crippen LogP contribution in [0.2, 0.25) is 0 Å². The average Bonchev–Trinajstić information content (AvgIpc) is 3.24. The fraction of sp³-hybridized carbons (Fsp3) is 0.375. The van der Waals surface area contributed by atoms with Gasteiger partial charge in [-0.3, -0.25) is 14.8 Å². The number of halogens is 2. The van der Waals surface area contributed by atoms with E-state index in [1.807, 2.05) is 0 Å². The highest BCUT2D eigenvalue weighted by Gasteiger charge is 2.35. The molecule has 1 aliphatic carbocycles. The van der Waals surface area contributed by atoms with Crippen molar-refractivity contribution in [1.29, 1.82) is 0 Å². The van der Waals surface area contributed by atoms with E-state index in [1.165, 1.54) is 6.92 Å². The second-order valence-corrected chi connectivity index (χ2v) is 6.99. The lowest BCUT2D eigenvalue weighted by Crippen LogP contribution is -2.31. The Morgan fingerprint density at radius 2 is 2.19 bits per heavy atom. The molecule has 0 aliphatic heterocycles. The number of nitrogens with one attached hydrogen (secondary N) is 1. The summed E-state index contributed by atoms with van der Waals surface area (Å²) in [5.41, 5.74) is 0.284. The lowest BCUT2D eigenvalue weighted by molar-refractivity contribution is -0.118. The molecule has 27 heavy (non-hydrogen) atoms. The zero-order valence-electron chi connectivity index (χ0n) is 14.2. The van der Waals surface area contributed by atoms with Crippen LogP contribution in [0.25, 0.3) is 0 Å². The molecule has 0 radical (unpaired) electrons. The summed E-state index contributed by atoms with van der Waals surface area (Å²) in [6.45, 7) is 1.73. The zero-order valence-corrected chi connectivity index (χ0v) is 15.1. The molecule has 11 heteroatoms. The summed E-state index contributed by atoms with van der Waals surface area (Å²) in [4.78, 5) is 23.4. The Morgan fingerprint density at radius 1 is 1.41 bits per heavy atom. The van der Waals surface area contributed by atoms with Gasteiger partial charge in [0, 0.05) is 25.3 Å². The molecule has 1 heterocycles. The van der Waals surface area contributed by atoms with Crippen molar-refractivity contribution in [3.8, 4) is 0 Å². The van der Waals surface area contributed by atoms with Gasteiger partial charge in [-0.05, 0) is 40.3 Å². The Morgan fingerprint density at radius 3 is 2.93 bits per heavy atom. The van der Waals surface area contributed by atoms with E-state index in [9.17, 15) is 23.6 Å². The molecule has 2 amide bonds. The van der Waals surface area contributed by atoms with Gasteiger partial charge in [0.15, 0.2) is 5.03 Å². The summed E-state index contributed by atoms with van der Waals surface area (Å²) in [6, 6.07) is 0.985. The topological polar surface area (TPSA) is 109 Å². The number of hydroxylamine groups is 2. The molecule has 2 aromatic rings. The second-order valence-electron chi connectivity index (χ2n) is 5.91. The summed E-state index contributed by atoms with van der Waals surface area (Å²) in [6.07, 6.45) is 0.514. The van der Waals surface area contributed by atoms with E-state index in [0.717, 1.165) is 23.9 Å². The third kappa shape index (κ3) is 4.08. The predicted octanol–water partition coefficient (Wildman–Crippen LogP) is 2.09. The molecule has 1 aromatic carbocycles. The summed E-state index contributed by atoms with van der Waals surface area (Å²) in [5.74, 6) is -2.16. The Labute approximate surface area is 156 Å². The van der Waals surface area contributed by atoms with Crippen LogP contribution >= 0.6 is 11.8 Å². The van der Waals surface area contributed by atoms with Gasteiger partial charge in [0.05, 0.1) is 6.04 Å². The first-order chi connectivity index (χ1) is 12.9. The third-order valence-corrected chi connectivity index (χ3v) is 5.05. The Kier molecular flexibility index (Phi) is 5.71. The van der Waals surface area contributed by atoms with Crippen molar-refractivity contribution in [1.82, 2.24) is 20.7 Å². The molecule has 0 fully saturated rings. The molecule has 0 saturated heterocycles. The normalized spacial score (nSPS) is 15.5. The number of carbonyl (C=O) groups is 2. The molecule has 1 aromatic heterocycles. The number of rotatable bonds is 6.